The summed E-state index contributed by atoms with van der Waals surface area (Å²) < 4.78 is 4.23. The van der Waals surface area contributed by atoms with Crippen LogP contribution in [0.25, 0.3) is 0 Å². The first-order chi connectivity index (χ1) is 12.3. The van der Waals surface area contributed by atoms with E-state index in [0.717, 1.165) is 38.0 Å². The zero-order valence-corrected chi connectivity index (χ0v) is 14.2. The van der Waals surface area contributed by atoms with Crippen LogP contribution in [0.3, 0.4) is 0 Å². The minimum Gasteiger partial charge on any atom is -0.350 e. The van der Waals surface area contributed by atoms with Crippen LogP contribution in [-0.2, 0) is 6.54 Å². The predicted molar refractivity (Wildman–Crippen MR) is 96.4 cm³/mol. The number of carbonyl (C=O) groups excluding carboxylic acids is 1. The number of piperidine rings is 1. The number of aromatic nitrogens is 3. The number of amides is 1. The number of likely N-dealkylation sites (tertiary alicyclic amines) is 1. The molecule has 0 saturated carbocycles. The maximum absolute atomic E-state index is 12.8. The molecule has 2 aromatic heterocycles. The standard InChI is InChI=1S/C20H22N4O/c25-20(23-12-3-4-19(15-23)24-13-9-21-16-24)18-7-5-17(6-8-18)14-22-10-1-2-11-22/h1-2,5-11,13,16,19H,3-4,12,14-15H2/t19-/m0/s1. The number of imidazole rings is 1. The smallest absolute Gasteiger partial charge is 0.253 e. The van der Waals surface area contributed by atoms with Gasteiger partial charge in [-0.2, -0.15) is 0 Å². The summed E-state index contributed by atoms with van der Waals surface area (Å²) in [6.07, 6.45) is 11.8. The summed E-state index contributed by atoms with van der Waals surface area (Å²) in [6, 6.07) is 12.3. The Morgan fingerprint density at radius 1 is 1.12 bits per heavy atom. The Balaban J connectivity index is 1.43. The number of benzene rings is 1. The van der Waals surface area contributed by atoms with E-state index >= 15 is 0 Å². The van der Waals surface area contributed by atoms with Crippen LogP contribution < -0.4 is 0 Å². The lowest BCUT2D eigenvalue weighted by atomic mass is 10.0. The van der Waals surface area contributed by atoms with Crippen molar-refractivity contribution >= 4 is 5.91 Å². The monoisotopic (exact) mass is 334 g/mol. The maximum atomic E-state index is 12.8. The fraction of sp³-hybridized carbons (Fsp3) is 0.300. The van der Waals surface area contributed by atoms with Gasteiger partial charge in [-0.3, -0.25) is 4.79 Å². The minimum absolute atomic E-state index is 0.123. The number of nitrogens with zero attached hydrogens (tertiary/aromatic N) is 4. The van der Waals surface area contributed by atoms with Crippen LogP contribution in [-0.4, -0.2) is 38.0 Å². The first kappa shape index (κ1) is 15.7. The summed E-state index contributed by atoms with van der Waals surface area (Å²) in [7, 11) is 0. The Morgan fingerprint density at radius 3 is 2.64 bits per heavy atom. The molecule has 0 N–H and O–H groups in total. The number of rotatable bonds is 4. The highest BCUT2D eigenvalue weighted by Crippen LogP contribution is 2.22. The summed E-state index contributed by atoms with van der Waals surface area (Å²) in [5, 5.41) is 0. The van der Waals surface area contributed by atoms with E-state index in [2.05, 4.69) is 14.1 Å². The summed E-state index contributed by atoms with van der Waals surface area (Å²) in [6.45, 7) is 2.41. The number of hydrogen-bond donors (Lipinski definition) is 0. The van der Waals surface area contributed by atoms with Crippen LogP contribution in [0.2, 0.25) is 0 Å². The van der Waals surface area contributed by atoms with Gasteiger partial charge < -0.3 is 14.0 Å². The zero-order chi connectivity index (χ0) is 17.1. The van der Waals surface area contributed by atoms with Crippen LogP contribution in [0.4, 0.5) is 0 Å². The van der Waals surface area contributed by atoms with Gasteiger partial charge in [0, 0.05) is 50.0 Å². The van der Waals surface area contributed by atoms with Crippen molar-refractivity contribution in [2.75, 3.05) is 13.1 Å². The van der Waals surface area contributed by atoms with Gasteiger partial charge in [0.2, 0.25) is 0 Å². The summed E-state index contributed by atoms with van der Waals surface area (Å²) in [4.78, 5) is 18.9. The molecule has 4 rings (SSSR count). The van der Waals surface area contributed by atoms with Gasteiger partial charge in [0.15, 0.2) is 0 Å². The average molecular weight is 334 g/mol. The zero-order valence-electron chi connectivity index (χ0n) is 14.2. The highest BCUT2D eigenvalue weighted by atomic mass is 16.2. The summed E-state index contributed by atoms with van der Waals surface area (Å²) in [5.74, 6) is 0.123. The molecule has 1 aromatic carbocycles. The molecular weight excluding hydrogens is 312 g/mol. The van der Waals surface area contributed by atoms with Crippen molar-refractivity contribution < 1.29 is 4.79 Å². The van der Waals surface area contributed by atoms with Gasteiger partial charge >= 0.3 is 0 Å². The van der Waals surface area contributed by atoms with Crippen LogP contribution >= 0.6 is 0 Å². The molecule has 0 unspecified atom stereocenters. The Bertz CT molecular complexity index is 806. The highest BCUT2D eigenvalue weighted by molar-refractivity contribution is 5.94. The number of hydrogen-bond acceptors (Lipinski definition) is 2. The molecule has 0 spiro atoms. The third kappa shape index (κ3) is 3.50. The molecule has 1 amide bonds. The van der Waals surface area contributed by atoms with Gasteiger partial charge in [0.05, 0.1) is 12.4 Å². The maximum Gasteiger partial charge on any atom is 0.253 e. The van der Waals surface area contributed by atoms with E-state index in [1.54, 1.807) is 6.20 Å². The molecule has 0 aliphatic carbocycles. The highest BCUT2D eigenvalue weighted by Gasteiger charge is 2.25. The molecule has 1 fully saturated rings. The fourth-order valence-electron chi connectivity index (χ4n) is 3.49. The van der Waals surface area contributed by atoms with Crippen molar-refractivity contribution in [1.82, 2.24) is 19.0 Å². The first-order valence-electron chi connectivity index (χ1n) is 8.76. The summed E-state index contributed by atoms with van der Waals surface area (Å²) >= 11 is 0. The van der Waals surface area contributed by atoms with E-state index in [1.807, 2.05) is 66.2 Å². The second-order valence-electron chi connectivity index (χ2n) is 6.61. The molecule has 1 aliphatic rings. The first-order valence-corrected chi connectivity index (χ1v) is 8.76. The molecule has 0 bridgehead atoms. The van der Waals surface area contributed by atoms with E-state index in [9.17, 15) is 4.79 Å². The largest absolute Gasteiger partial charge is 0.350 e. The third-order valence-corrected chi connectivity index (χ3v) is 4.86. The van der Waals surface area contributed by atoms with Crippen molar-refractivity contribution in [3.63, 3.8) is 0 Å². The van der Waals surface area contributed by atoms with Crippen molar-refractivity contribution in [2.24, 2.45) is 0 Å². The Kier molecular flexibility index (Phi) is 4.37. The quantitative estimate of drug-likeness (QED) is 0.735. The van der Waals surface area contributed by atoms with E-state index in [4.69, 9.17) is 0 Å². The van der Waals surface area contributed by atoms with Crippen LogP contribution in [0.1, 0.15) is 34.8 Å². The second-order valence-corrected chi connectivity index (χ2v) is 6.61. The Labute approximate surface area is 147 Å². The van der Waals surface area contributed by atoms with E-state index < -0.39 is 0 Å². The fourth-order valence-corrected chi connectivity index (χ4v) is 3.49. The van der Waals surface area contributed by atoms with E-state index in [-0.39, 0.29) is 5.91 Å². The Hall–Kier alpha value is -2.82. The predicted octanol–water partition coefficient (Wildman–Crippen LogP) is 3.21. The van der Waals surface area contributed by atoms with Gasteiger partial charge in [0.25, 0.3) is 5.91 Å². The average Bonchev–Trinajstić information content (AvgIpc) is 3.36. The van der Waals surface area contributed by atoms with Crippen molar-refractivity contribution in [3.8, 4) is 0 Å². The van der Waals surface area contributed by atoms with Crippen LogP contribution in [0.5, 0.6) is 0 Å². The molecule has 5 heteroatoms. The lowest BCUT2D eigenvalue weighted by Crippen LogP contribution is -2.40. The molecule has 1 saturated heterocycles. The van der Waals surface area contributed by atoms with Crippen LogP contribution in [0, 0.1) is 0 Å². The Morgan fingerprint density at radius 2 is 1.92 bits per heavy atom. The van der Waals surface area contributed by atoms with Crippen LogP contribution in [0.15, 0.2) is 67.5 Å². The van der Waals surface area contributed by atoms with Gasteiger partial charge in [-0.25, -0.2) is 4.98 Å². The minimum atomic E-state index is 0.123. The lowest BCUT2D eigenvalue weighted by Gasteiger charge is -2.33. The molecule has 3 aromatic rings. The lowest BCUT2D eigenvalue weighted by molar-refractivity contribution is 0.0679. The van der Waals surface area contributed by atoms with Gasteiger partial charge in [-0.05, 0) is 42.7 Å². The summed E-state index contributed by atoms with van der Waals surface area (Å²) in [5.41, 5.74) is 1.96. The van der Waals surface area contributed by atoms with Gasteiger partial charge in [-0.15, -0.1) is 0 Å². The SMILES string of the molecule is O=C(c1ccc(Cn2cccc2)cc1)N1CCC[C@H](n2ccnc2)C1. The molecular formula is C20H22N4O. The third-order valence-electron chi connectivity index (χ3n) is 4.86. The second kappa shape index (κ2) is 6.97. The van der Waals surface area contributed by atoms with Gasteiger partial charge in [0.1, 0.15) is 0 Å². The molecule has 5 nitrogen and oxygen atoms in total. The van der Waals surface area contributed by atoms with Gasteiger partial charge in [-0.1, -0.05) is 12.1 Å². The van der Waals surface area contributed by atoms with Crippen molar-refractivity contribution in [2.45, 2.75) is 25.4 Å². The topological polar surface area (TPSA) is 43.1 Å². The normalized spacial score (nSPS) is 17.6. The molecule has 3 heterocycles. The van der Waals surface area contributed by atoms with E-state index in [0.29, 0.717) is 6.04 Å². The molecule has 0 radical (unpaired) electrons. The molecule has 128 valence electrons. The van der Waals surface area contributed by atoms with E-state index in [1.165, 1.54) is 5.56 Å². The van der Waals surface area contributed by atoms with Crippen molar-refractivity contribution in [3.05, 3.63) is 78.6 Å². The number of carbonyl (C=O) groups is 1. The molecule has 25 heavy (non-hydrogen) atoms. The van der Waals surface area contributed by atoms with Crippen molar-refractivity contribution in [1.29, 1.82) is 0 Å². The molecule has 1 aliphatic heterocycles. The molecule has 1 atom stereocenters.